The maximum atomic E-state index is 4.42. The molecule has 0 radical (unpaired) electrons. The van der Waals surface area contributed by atoms with E-state index in [0.29, 0.717) is 0 Å². The quantitative estimate of drug-likeness (QED) is 0.694. The molecule has 0 atom stereocenters. The molecule has 1 aromatic heterocycles. The van der Waals surface area contributed by atoms with Crippen LogP contribution in [0, 0.1) is 20.8 Å². The van der Waals surface area contributed by atoms with Crippen LogP contribution >= 0.6 is 0 Å². The second kappa shape index (κ2) is 3.73. The number of nitrogens with zero attached hydrogens (tertiary/aromatic N) is 3. The number of hydrogen-bond donors (Lipinski definition) is 0. The Morgan fingerprint density at radius 1 is 1.15 bits per heavy atom. The molecule has 0 unspecified atom stereocenters. The number of hydrogen-bond acceptors (Lipinski definition) is 3. The third-order valence-corrected chi connectivity index (χ3v) is 2.31. The highest BCUT2D eigenvalue weighted by atomic mass is 15.2. The SMILES string of the molecule is CCN(C)c1nc(C)nc(C)c1C. The highest BCUT2D eigenvalue weighted by Crippen LogP contribution is 2.17. The Kier molecular flexibility index (Phi) is 2.86. The first-order chi connectivity index (χ1) is 6.06. The maximum Gasteiger partial charge on any atom is 0.135 e. The van der Waals surface area contributed by atoms with Gasteiger partial charge in [-0.2, -0.15) is 0 Å². The fraction of sp³-hybridized carbons (Fsp3) is 0.600. The Morgan fingerprint density at radius 2 is 1.77 bits per heavy atom. The third kappa shape index (κ3) is 1.97. The van der Waals surface area contributed by atoms with E-state index in [-0.39, 0.29) is 0 Å². The van der Waals surface area contributed by atoms with Crippen LogP contribution < -0.4 is 4.90 Å². The van der Waals surface area contributed by atoms with Gasteiger partial charge >= 0.3 is 0 Å². The molecule has 0 aliphatic carbocycles. The van der Waals surface area contributed by atoms with Crippen LogP contribution in [0.3, 0.4) is 0 Å². The van der Waals surface area contributed by atoms with Gasteiger partial charge in [0.2, 0.25) is 0 Å². The molecule has 13 heavy (non-hydrogen) atoms. The Labute approximate surface area is 79.8 Å². The van der Waals surface area contributed by atoms with Crippen molar-refractivity contribution in [3.05, 3.63) is 17.1 Å². The summed E-state index contributed by atoms with van der Waals surface area (Å²) in [4.78, 5) is 10.9. The van der Waals surface area contributed by atoms with Crippen molar-refractivity contribution in [3.8, 4) is 0 Å². The molecule has 1 aromatic rings. The van der Waals surface area contributed by atoms with Crippen molar-refractivity contribution in [2.24, 2.45) is 0 Å². The van der Waals surface area contributed by atoms with Crippen molar-refractivity contribution >= 4 is 5.82 Å². The van der Waals surface area contributed by atoms with Gasteiger partial charge in [-0.05, 0) is 27.7 Å². The van der Waals surface area contributed by atoms with Gasteiger partial charge in [-0.3, -0.25) is 0 Å². The topological polar surface area (TPSA) is 29.0 Å². The third-order valence-electron chi connectivity index (χ3n) is 2.31. The summed E-state index contributed by atoms with van der Waals surface area (Å²) in [5.41, 5.74) is 2.25. The predicted octanol–water partition coefficient (Wildman–Crippen LogP) is 1.86. The molecule has 0 aromatic carbocycles. The summed E-state index contributed by atoms with van der Waals surface area (Å²) in [6, 6.07) is 0. The van der Waals surface area contributed by atoms with Gasteiger partial charge in [-0.15, -0.1) is 0 Å². The van der Waals surface area contributed by atoms with E-state index < -0.39 is 0 Å². The minimum absolute atomic E-state index is 0.846. The number of rotatable bonds is 2. The Morgan fingerprint density at radius 3 is 2.31 bits per heavy atom. The Bertz CT molecular complexity index is 307. The van der Waals surface area contributed by atoms with Crippen LogP contribution in [0.25, 0.3) is 0 Å². The van der Waals surface area contributed by atoms with E-state index in [1.165, 1.54) is 5.56 Å². The smallest absolute Gasteiger partial charge is 0.135 e. The number of anilines is 1. The van der Waals surface area contributed by atoms with Gasteiger partial charge in [0.25, 0.3) is 0 Å². The van der Waals surface area contributed by atoms with Crippen LogP contribution in [-0.2, 0) is 0 Å². The van der Waals surface area contributed by atoms with E-state index in [4.69, 9.17) is 0 Å². The van der Waals surface area contributed by atoms with Gasteiger partial charge in [0.05, 0.1) is 0 Å². The highest BCUT2D eigenvalue weighted by molar-refractivity contribution is 5.47. The van der Waals surface area contributed by atoms with Crippen molar-refractivity contribution in [2.45, 2.75) is 27.7 Å². The highest BCUT2D eigenvalue weighted by Gasteiger charge is 2.08. The lowest BCUT2D eigenvalue weighted by molar-refractivity contribution is 0.887. The molecule has 3 nitrogen and oxygen atoms in total. The summed E-state index contributed by atoms with van der Waals surface area (Å²) in [7, 11) is 2.05. The second-order valence-corrected chi connectivity index (χ2v) is 3.32. The fourth-order valence-electron chi connectivity index (χ4n) is 1.27. The molecule has 0 aliphatic heterocycles. The van der Waals surface area contributed by atoms with Crippen LogP contribution in [0.2, 0.25) is 0 Å². The average Bonchev–Trinajstić information content (AvgIpc) is 2.10. The van der Waals surface area contributed by atoms with E-state index in [9.17, 15) is 0 Å². The summed E-state index contributed by atoms with van der Waals surface area (Å²) < 4.78 is 0. The molecule has 0 spiro atoms. The van der Waals surface area contributed by atoms with E-state index in [0.717, 1.165) is 23.9 Å². The molecule has 0 saturated heterocycles. The number of aromatic nitrogens is 2. The zero-order valence-electron chi connectivity index (χ0n) is 9.05. The Balaban J connectivity index is 3.20. The van der Waals surface area contributed by atoms with E-state index in [1.54, 1.807) is 0 Å². The van der Waals surface area contributed by atoms with Crippen LogP contribution in [0.5, 0.6) is 0 Å². The predicted molar refractivity (Wildman–Crippen MR) is 55.2 cm³/mol. The van der Waals surface area contributed by atoms with Crippen molar-refractivity contribution in [1.82, 2.24) is 9.97 Å². The van der Waals surface area contributed by atoms with Gasteiger partial charge in [-0.1, -0.05) is 0 Å². The summed E-state index contributed by atoms with van der Waals surface area (Å²) in [5, 5.41) is 0. The molecule has 0 aliphatic rings. The number of aryl methyl sites for hydroxylation is 2. The van der Waals surface area contributed by atoms with Gasteiger partial charge in [-0.25, -0.2) is 9.97 Å². The van der Waals surface area contributed by atoms with Crippen LogP contribution in [0.4, 0.5) is 5.82 Å². The van der Waals surface area contributed by atoms with Crippen molar-refractivity contribution in [3.63, 3.8) is 0 Å². The molecule has 0 amide bonds. The fourth-order valence-corrected chi connectivity index (χ4v) is 1.27. The van der Waals surface area contributed by atoms with Gasteiger partial charge in [0.1, 0.15) is 11.6 Å². The average molecular weight is 179 g/mol. The van der Waals surface area contributed by atoms with Crippen LogP contribution in [-0.4, -0.2) is 23.6 Å². The minimum Gasteiger partial charge on any atom is -0.360 e. The van der Waals surface area contributed by atoms with E-state index in [2.05, 4.69) is 28.7 Å². The monoisotopic (exact) mass is 179 g/mol. The molecule has 0 bridgehead atoms. The van der Waals surface area contributed by atoms with Gasteiger partial charge in [0.15, 0.2) is 0 Å². The van der Waals surface area contributed by atoms with Crippen molar-refractivity contribution in [2.75, 3.05) is 18.5 Å². The summed E-state index contributed by atoms with van der Waals surface area (Å²) in [6.07, 6.45) is 0. The van der Waals surface area contributed by atoms with E-state index in [1.807, 2.05) is 20.9 Å². The zero-order valence-corrected chi connectivity index (χ0v) is 9.05. The van der Waals surface area contributed by atoms with Crippen molar-refractivity contribution in [1.29, 1.82) is 0 Å². The second-order valence-electron chi connectivity index (χ2n) is 3.32. The zero-order chi connectivity index (χ0) is 10.0. The maximum absolute atomic E-state index is 4.42. The summed E-state index contributed by atoms with van der Waals surface area (Å²) in [6.45, 7) is 9.11. The molecular weight excluding hydrogens is 162 g/mol. The van der Waals surface area contributed by atoms with Crippen LogP contribution in [0.1, 0.15) is 24.0 Å². The molecule has 1 rings (SSSR count). The lowest BCUT2D eigenvalue weighted by Gasteiger charge is -2.19. The van der Waals surface area contributed by atoms with Crippen LogP contribution in [0.15, 0.2) is 0 Å². The lowest BCUT2D eigenvalue weighted by Crippen LogP contribution is -2.19. The molecule has 0 N–H and O–H groups in total. The molecule has 3 heteroatoms. The standard InChI is InChI=1S/C10H17N3/c1-6-13(5)10-7(2)8(3)11-9(4)12-10/h6H2,1-5H3. The van der Waals surface area contributed by atoms with Gasteiger partial charge < -0.3 is 4.90 Å². The first kappa shape index (κ1) is 9.96. The largest absolute Gasteiger partial charge is 0.360 e. The molecule has 1 heterocycles. The minimum atomic E-state index is 0.846. The van der Waals surface area contributed by atoms with E-state index >= 15 is 0 Å². The molecule has 0 fully saturated rings. The Hall–Kier alpha value is -1.12. The molecule has 72 valence electrons. The normalized spacial score (nSPS) is 10.2. The lowest BCUT2D eigenvalue weighted by atomic mass is 10.2. The summed E-state index contributed by atoms with van der Waals surface area (Å²) >= 11 is 0. The van der Waals surface area contributed by atoms with Crippen molar-refractivity contribution < 1.29 is 0 Å². The molecule has 0 saturated carbocycles. The molecular formula is C10H17N3. The first-order valence-corrected chi connectivity index (χ1v) is 4.59. The first-order valence-electron chi connectivity index (χ1n) is 4.59. The summed E-state index contributed by atoms with van der Waals surface area (Å²) in [5.74, 6) is 1.89. The van der Waals surface area contributed by atoms with Gasteiger partial charge in [0, 0.05) is 24.8 Å².